The van der Waals surface area contributed by atoms with Gasteiger partial charge in [0.2, 0.25) is 11.9 Å². The van der Waals surface area contributed by atoms with E-state index in [2.05, 4.69) is 21.6 Å². The summed E-state index contributed by atoms with van der Waals surface area (Å²) in [5.74, 6) is 2.00. The van der Waals surface area contributed by atoms with Crippen LogP contribution in [0, 0.1) is 0 Å². The van der Waals surface area contributed by atoms with E-state index in [0.717, 1.165) is 30.6 Å². The van der Waals surface area contributed by atoms with E-state index in [0.29, 0.717) is 54.9 Å². The molecule has 1 aromatic carbocycles. The second-order valence-corrected chi connectivity index (χ2v) is 12.6. The number of fused-ring (bicyclic) bond motifs is 3. The summed E-state index contributed by atoms with van der Waals surface area (Å²) >= 11 is 0. The minimum atomic E-state index is -1.12. The van der Waals surface area contributed by atoms with Gasteiger partial charge in [0.05, 0.1) is 36.3 Å². The molecule has 2 N–H and O–H groups in total. The molecule has 4 aliphatic heterocycles. The molecule has 2 atom stereocenters. The van der Waals surface area contributed by atoms with Crippen molar-refractivity contribution in [3.63, 3.8) is 0 Å². The third-order valence-corrected chi connectivity index (χ3v) is 10.2. The van der Waals surface area contributed by atoms with Crippen LogP contribution in [0.5, 0.6) is 0 Å². The lowest BCUT2D eigenvalue weighted by Crippen LogP contribution is -2.67. The second-order valence-electron chi connectivity index (χ2n) is 11.0. The monoisotopic (exact) mass is 524 g/mol. The lowest BCUT2D eigenvalue weighted by atomic mass is 9.76. The van der Waals surface area contributed by atoms with Gasteiger partial charge in [-0.3, -0.25) is 14.3 Å². The number of piperidine rings is 2. The Kier molecular flexibility index (Phi) is 5.76. The predicted molar refractivity (Wildman–Crippen MR) is 142 cm³/mol. The number of nitrogens with zero attached hydrogens (tertiary/aromatic N) is 5. The number of nitrogens with one attached hydrogen (secondary N) is 2. The summed E-state index contributed by atoms with van der Waals surface area (Å²) in [6.07, 6.45) is 3.47. The Labute approximate surface area is 219 Å². The highest BCUT2D eigenvalue weighted by atomic mass is 32.2. The maximum absolute atomic E-state index is 13.1. The van der Waals surface area contributed by atoms with E-state index in [1.165, 1.54) is 5.56 Å². The van der Waals surface area contributed by atoms with Crippen molar-refractivity contribution in [1.82, 2.24) is 14.9 Å². The fourth-order valence-electron chi connectivity index (χ4n) is 6.40. The van der Waals surface area contributed by atoms with Gasteiger partial charge in [-0.25, -0.2) is 14.3 Å². The van der Waals surface area contributed by atoms with Crippen LogP contribution in [0.3, 0.4) is 0 Å². The number of carbonyl (C=O) groups excluding carboxylic acids is 2. The number of aryl methyl sites for hydroxylation is 1. The van der Waals surface area contributed by atoms with E-state index in [1.54, 1.807) is 4.90 Å². The number of amides is 3. The fraction of sp³-hybridized carbons (Fsp3) is 0.538. The van der Waals surface area contributed by atoms with E-state index in [1.807, 2.05) is 39.3 Å². The first-order chi connectivity index (χ1) is 17.7. The first-order valence-electron chi connectivity index (χ1n) is 13.0. The highest BCUT2D eigenvalue weighted by Crippen LogP contribution is 2.48. The number of carbonyl (C=O) groups is 2. The molecule has 0 aliphatic carbocycles. The molecule has 196 valence electrons. The van der Waals surface area contributed by atoms with Gasteiger partial charge in [-0.05, 0) is 12.5 Å². The number of anilines is 3. The van der Waals surface area contributed by atoms with Gasteiger partial charge in [0.1, 0.15) is 16.3 Å². The van der Waals surface area contributed by atoms with Crippen LogP contribution < -0.4 is 15.5 Å². The predicted octanol–water partition coefficient (Wildman–Crippen LogP) is 2.29. The molecule has 3 amide bonds. The first kappa shape index (κ1) is 24.3. The topological polar surface area (TPSA) is 108 Å². The normalized spacial score (nSPS) is 26.0. The third kappa shape index (κ3) is 3.82. The Hall–Kier alpha value is -3.05. The summed E-state index contributed by atoms with van der Waals surface area (Å²) in [5.41, 5.74) is 2.61. The molecule has 2 fully saturated rings. The number of benzene rings is 1. The van der Waals surface area contributed by atoms with Crippen LogP contribution in [-0.4, -0.2) is 88.1 Å². The zero-order valence-electron chi connectivity index (χ0n) is 21.6. The van der Waals surface area contributed by atoms with Crippen LogP contribution in [-0.2, 0) is 27.6 Å². The zero-order valence-corrected chi connectivity index (χ0v) is 22.4. The number of rotatable bonds is 3. The molecule has 0 saturated carbocycles. The molecule has 1 unspecified atom stereocenters. The minimum absolute atomic E-state index is 0.00540. The summed E-state index contributed by atoms with van der Waals surface area (Å²) in [4.78, 5) is 39.5. The summed E-state index contributed by atoms with van der Waals surface area (Å²) in [7, 11) is 4.68. The largest absolute Gasteiger partial charge is 0.421 e. The van der Waals surface area contributed by atoms with Gasteiger partial charge in [-0.1, -0.05) is 18.2 Å². The molecule has 0 radical (unpaired) electrons. The molecule has 10 nitrogen and oxygen atoms in total. The SMILES string of the molecule is CN1C[C@@H](Nc2nc(N3CCC4(CC3)c3ccccc3NC(=O)[N+]4(C)C)nc3c2S(=O)CC3)CCC1=O. The average molecular weight is 525 g/mol. The second kappa shape index (κ2) is 8.76. The van der Waals surface area contributed by atoms with Crippen molar-refractivity contribution < 1.29 is 18.3 Å². The quantitative estimate of drug-likeness (QED) is 0.594. The van der Waals surface area contributed by atoms with Crippen molar-refractivity contribution in [3.8, 4) is 0 Å². The summed E-state index contributed by atoms with van der Waals surface area (Å²) < 4.78 is 13.1. The van der Waals surface area contributed by atoms with Crippen LogP contribution in [0.1, 0.15) is 36.9 Å². The van der Waals surface area contributed by atoms with Gasteiger partial charge in [0, 0.05) is 69.7 Å². The number of hydrogen-bond donors (Lipinski definition) is 2. The Balaban J connectivity index is 1.29. The Morgan fingerprint density at radius 2 is 1.89 bits per heavy atom. The highest BCUT2D eigenvalue weighted by Gasteiger charge is 2.57. The smallest absolute Gasteiger partial charge is 0.364 e. The molecule has 11 heteroatoms. The lowest BCUT2D eigenvalue weighted by molar-refractivity contribution is -0.875. The molecule has 5 heterocycles. The summed E-state index contributed by atoms with van der Waals surface area (Å²) in [6, 6.07) is 8.20. The molecular weight excluding hydrogens is 490 g/mol. The zero-order chi connectivity index (χ0) is 25.9. The van der Waals surface area contributed by atoms with Gasteiger partial charge >= 0.3 is 6.03 Å². The van der Waals surface area contributed by atoms with Crippen LogP contribution in [0.4, 0.5) is 22.2 Å². The molecule has 2 saturated heterocycles. The Morgan fingerprint density at radius 1 is 1.14 bits per heavy atom. The van der Waals surface area contributed by atoms with Gasteiger partial charge < -0.3 is 15.1 Å². The van der Waals surface area contributed by atoms with E-state index in [9.17, 15) is 13.8 Å². The minimum Gasteiger partial charge on any atom is -0.364 e. The summed E-state index contributed by atoms with van der Waals surface area (Å²) in [6.45, 7) is 2.02. The van der Waals surface area contributed by atoms with Gasteiger partial charge in [0.25, 0.3) is 0 Å². The standard InChI is InChI=1S/C26H33N7O3S/c1-31-16-17(8-9-21(31)34)27-23-22-20(10-15-37(22)36)28-24(30-23)32-13-11-26(12-14-32)18-6-4-5-7-19(18)29-25(35)33(26,2)3/h4-7,17H,8-16H2,1-3H3,(H-,27,28,29,30,35)/p+1/t17-,37?/m0/s1. The van der Waals surface area contributed by atoms with E-state index >= 15 is 0 Å². The van der Waals surface area contributed by atoms with E-state index in [4.69, 9.17) is 9.97 Å². The van der Waals surface area contributed by atoms with E-state index < -0.39 is 10.8 Å². The summed E-state index contributed by atoms with van der Waals surface area (Å²) in [5, 5.41) is 6.59. The van der Waals surface area contributed by atoms with Crippen LogP contribution >= 0.6 is 0 Å². The lowest BCUT2D eigenvalue weighted by Gasteiger charge is -2.53. The first-order valence-corrected chi connectivity index (χ1v) is 14.3. The molecule has 1 spiro atoms. The number of urea groups is 1. The average Bonchev–Trinajstić information content (AvgIpc) is 3.26. The van der Waals surface area contributed by atoms with Crippen LogP contribution in [0.2, 0.25) is 0 Å². The Morgan fingerprint density at radius 3 is 2.65 bits per heavy atom. The van der Waals surface area contributed by atoms with Crippen molar-refractivity contribution in [3.05, 3.63) is 35.5 Å². The highest BCUT2D eigenvalue weighted by molar-refractivity contribution is 7.85. The molecule has 6 rings (SSSR count). The van der Waals surface area contributed by atoms with E-state index in [-0.39, 0.29) is 28.0 Å². The molecule has 1 aromatic heterocycles. The molecule has 0 bridgehead atoms. The molecular formula is C26H34N7O3S+. The van der Waals surface area contributed by atoms with Crippen LogP contribution in [0.15, 0.2) is 29.2 Å². The molecule has 2 aromatic rings. The number of likely N-dealkylation sites (N-methyl/N-ethyl adjacent to an activating group) is 1. The van der Waals surface area contributed by atoms with Crippen molar-refractivity contribution in [1.29, 1.82) is 0 Å². The number of likely N-dealkylation sites (tertiary alicyclic amines) is 1. The van der Waals surface area contributed by atoms with Crippen molar-refractivity contribution in [2.24, 2.45) is 0 Å². The van der Waals surface area contributed by atoms with Gasteiger partial charge in [0.15, 0.2) is 0 Å². The third-order valence-electron chi connectivity index (χ3n) is 8.76. The van der Waals surface area contributed by atoms with Gasteiger partial charge in [-0.2, -0.15) is 4.98 Å². The van der Waals surface area contributed by atoms with Crippen LogP contribution in [0.25, 0.3) is 0 Å². The fourth-order valence-corrected chi connectivity index (χ4v) is 7.71. The maximum Gasteiger partial charge on any atom is 0.421 e. The number of quaternary nitrogens is 1. The van der Waals surface area contributed by atoms with Crippen molar-refractivity contribution in [2.45, 2.75) is 48.6 Å². The Bertz CT molecular complexity index is 1310. The van der Waals surface area contributed by atoms with Crippen molar-refractivity contribution in [2.75, 3.05) is 62.1 Å². The van der Waals surface area contributed by atoms with Crippen molar-refractivity contribution >= 4 is 40.2 Å². The number of aromatic nitrogens is 2. The maximum atomic E-state index is 13.1. The number of hydrogen-bond acceptors (Lipinski definition) is 7. The molecule has 37 heavy (non-hydrogen) atoms. The van der Waals surface area contributed by atoms with Gasteiger partial charge in [-0.15, -0.1) is 0 Å². The molecule has 4 aliphatic rings. The number of para-hydroxylation sites is 1.